The fraction of sp³-hybridized carbons (Fsp3) is 0.364. The van der Waals surface area contributed by atoms with Crippen molar-refractivity contribution in [1.82, 2.24) is 5.32 Å². The van der Waals surface area contributed by atoms with Crippen LogP contribution in [0.1, 0.15) is 39.9 Å². The van der Waals surface area contributed by atoms with Gasteiger partial charge in [-0.25, -0.2) is 13.6 Å². The number of halogens is 2. The molecule has 0 radical (unpaired) electrons. The molecule has 1 amide bonds. The average molecular weight is 498 g/mol. The van der Waals surface area contributed by atoms with Gasteiger partial charge in [0.1, 0.15) is 0 Å². The van der Waals surface area contributed by atoms with Gasteiger partial charge in [-0.2, -0.15) is 0 Å². The first-order valence-electron chi connectivity index (χ1n) is 10.2. The van der Waals surface area contributed by atoms with Gasteiger partial charge >= 0.3 is 0 Å². The molecule has 0 spiro atoms. The Bertz CT molecular complexity index is 1150. The molecule has 0 bridgehead atoms. The summed E-state index contributed by atoms with van der Waals surface area (Å²) in [4.78, 5) is 25.1. The van der Waals surface area contributed by atoms with Gasteiger partial charge in [0.15, 0.2) is 5.78 Å². The second kappa shape index (κ2) is 9.89. The van der Waals surface area contributed by atoms with E-state index in [0.29, 0.717) is 43.1 Å². The Labute approximate surface area is 198 Å². The summed E-state index contributed by atoms with van der Waals surface area (Å²) in [6.45, 7) is 1.23. The van der Waals surface area contributed by atoms with E-state index in [1.165, 1.54) is 12.1 Å². The molecule has 10 heteroatoms. The number of carbonyl (C=O) groups is 2. The number of ketones is 1. The van der Waals surface area contributed by atoms with Crippen molar-refractivity contribution < 1.29 is 18.0 Å². The van der Waals surface area contributed by atoms with Crippen molar-refractivity contribution in [3.8, 4) is 0 Å². The minimum Gasteiger partial charge on any atom is -0.325 e. The standard InChI is InChI=1S/C22H24ClN3O4S.ClH/c23-18-11-14-3-4-15(22(28)20(14)17-7-8-19(27)26-21(17)18)12-25-10-9-13-1-5-16(6-2-13)31(24,29)30;/h1-2,5-6,11,15,25H,3-4,7-10,12H2,(H,26,27)(H2,24,29,30);1H. The van der Waals surface area contributed by atoms with E-state index in [4.69, 9.17) is 16.7 Å². The molecule has 4 N–H and O–H groups in total. The van der Waals surface area contributed by atoms with E-state index in [-0.39, 0.29) is 34.9 Å². The number of benzene rings is 2. The van der Waals surface area contributed by atoms with Crippen LogP contribution in [0.4, 0.5) is 5.69 Å². The molecule has 1 aliphatic heterocycles. The van der Waals surface area contributed by atoms with Gasteiger partial charge < -0.3 is 10.6 Å². The molecule has 0 saturated carbocycles. The second-order valence-corrected chi connectivity index (χ2v) is 10.0. The van der Waals surface area contributed by atoms with E-state index in [9.17, 15) is 18.0 Å². The fourth-order valence-electron chi connectivity index (χ4n) is 4.30. The number of amides is 1. The van der Waals surface area contributed by atoms with E-state index >= 15 is 0 Å². The molecular formula is C22H25Cl2N3O4S. The molecule has 1 unspecified atom stereocenters. The molecule has 172 valence electrons. The molecule has 0 fully saturated rings. The Kier molecular flexibility index (Phi) is 7.62. The molecule has 1 atom stereocenters. The number of nitrogens with one attached hydrogen (secondary N) is 2. The molecule has 1 aliphatic carbocycles. The summed E-state index contributed by atoms with van der Waals surface area (Å²) in [5.74, 6) is -0.0941. The van der Waals surface area contributed by atoms with Crippen LogP contribution in [-0.4, -0.2) is 33.2 Å². The molecular weight excluding hydrogens is 473 g/mol. The number of aryl methyl sites for hydroxylation is 1. The van der Waals surface area contributed by atoms with E-state index in [1.54, 1.807) is 12.1 Å². The molecule has 0 saturated heterocycles. The topological polar surface area (TPSA) is 118 Å². The van der Waals surface area contributed by atoms with Crippen molar-refractivity contribution in [2.24, 2.45) is 11.1 Å². The van der Waals surface area contributed by atoms with Crippen molar-refractivity contribution in [2.75, 3.05) is 18.4 Å². The quantitative estimate of drug-likeness (QED) is 0.530. The predicted octanol–water partition coefficient (Wildman–Crippen LogP) is 2.87. The first-order chi connectivity index (χ1) is 14.7. The zero-order valence-electron chi connectivity index (χ0n) is 17.3. The highest BCUT2D eigenvalue weighted by Crippen LogP contribution is 2.39. The highest BCUT2D eigenvalue weighted by Gasteiger charge is 2.33. The fourth-order valence-corrected chi connectivity index (χ4v) is 5.11. The van der Waals surface area contributed by atoms with Gasteiger partial charge in [0.25, 0.3) is 0 Å². The molecule has 2 aromatic rings. The van der Waals surface area contributed by atoms with Crippen molar-refractivity contribution in [3.05, 3.63) is 57.6 Å². The zero-order chi connectivity index (χ0) is 22.2. The third kappa shape index (κ3) is 5.15. The van der Waals surface area contributed by atoms with Crippen molar-refractivity contribution >= 4 is 51.4 Å². The minimum atomic E-state index is -3.69. The molecule has 2 aliphatic rings. The highest BCUT2D eigenvalue weighted by atomic mass is 35.5. The number of hydrogen-bond acceptors (Lipinski definition) is 5. The summed E-state index contributed by atoms with van der Waals surface area (Å²) in [6, 6.07) is 8.30. The number of Topliss-reactive ketones (excluding diaryl/α,β-unsaturated/α-hetero) is 1. The number of rotatable bonds is 6. The zero-order valence-corrected chi connectivity index (χ0v) is 19.7. The predicted molar refractivity (Wildman–Crippen MR) is 126 cm³/mol. The van der Waals surface area contributed by atoms with Crippen LogP contribution in [0, 0.1) is 5.92 Å². The van der Waals surface area contributed by atoms with Gasteiger partial charge in [-0.05, 0) is 67.1 Å². The van der Waals surface area contributed by atoms with E-state index in [0.717, 1.165) is 35.1 Å². The SMILES string of the molecule is Cl.NS(=O)(=O)c1ccc(CCNCC2CCc3cc(Cl)c4c(c3C2=O)CCC(=O)N4)cc1. The van der Waals surface area contributed by atoms with Gasteiger partial charge in [-0.15, -0.1) is 12.4 Å². The van der Waals surface area contributed by atoms with Crippen LogP contribution in [0.15, 0.2) is 35.2 Å². The summed E-state index contributed by atoms with van der Waals surface area (Å²) in [6.07, 6.45) is 3.14. The van der Waals surface area contributed by atoms with Crippen molar-refractivity contribution in [2.45, 2.75) is 37.0 Å². The van der Waals surface area contributed by atoms with Gasteiger partial charge in [0.05, 0.1) is 15.6 Å². The number of carbonyl (C=O) groups excluding carboxylic acids is 2. The molecule has 4 rings (SSSR count). The number of anilines is 1. The smallest absolute Gasteiger partial charge is 0.238 e. The highest BCUT2D eigenvalue weighted by molar-refractivity contribution is 7.89. The lowest BCUT2D eigenvalue weighted by molar-refractivity contribution is -0.116. The number of fused-ring (bicyclic) bond motifs is 3. The second-order valence-electron chi connectivity index (χ2n) is 8.04. The Morgan fingerprint density at radius 2 is 1.84 bits per heavy atom. The number of hydrogen-bond donors (Lipinski definition) is 3. The molecule has 2 aromatic carbocycles. The summed E-state index contributed by atoms with van der Waals surface area (Å²) in [5.41, 5.74) is 4.14. The van der Waals surface area contributed by atoms with Gasteiger partial charge in [0, 0.05) is 24.4 Å². The Balaban J connectivity index is 0.00000289. The lowest BCUT2D eigenvalue weighted by Crippen LogP contribution is -2.35. The largest absolute Gasteiger partial charge is 0.325 e. The lowest BCUT2D eigenvalue weighted by atomic mass is 9.78. The molecule has 0 aromatic heterocycles. The normalized spacial score (nSPS) is 17.8. The first kappa shape index (κ1) is 24.7. The number of nitrogens with two attached hydrogens (primary N) is 1. The van der Waals surface area contributed by atoms with Crippen LogP contribution in [0.5, 0.6) is 0 Å². The van der Waals surface area contributed by atoms with E-state index < -0.39 is 10.0 Å². The maximum absolute atomic E-state index is 13.2. The lowest BCUT2D eigenvalue weighted by Gasteiger charge is -2.29. The van der Waals surface area contributed by atoms with Crippen LogP contribution in [0.25, 0.3) is 0 Å². The molecule has 1 heterocycles. The number of primary sulfonamides is 1. The Hall–Kier alpha value is -1.97. The third-order valence-corrected chi connectivity index (χ3v) is 7.17. The van der Waals surface area contributed by atoms with E-state index in [1.807, 2.05) is 6.07 Å². The first-order valence-corrected chi connectivity index (χ1v) is 12.2. The van der Waals surface area contributed by atoms with Crippen LogP contribution in [-0.2, 0) is 34.1 Å². The Morgan fingerprint density at radius 3 is 2.53 bits per heavy atom. The monoisotopic (exact) mass is 497 g/mol. The van der Waals surface area contributed by atoms with E-state index in [2.05, 4.69) is 10.6 Å². The summed E-state index contributed by atoms with van der Waals surface area (Å²) < 4.78 is 22.7. The minimum absolute atomic E-state index is 0. The summed E-state index contributed by atoms with van der Waals surface area (Å²) >= 11 is 6.35. The van der Waals surface area contributed by atoms with Crippen LogP contribution in [0.3, 0.4) is 0 Å². The average Bonchev–Trinajstić information content (AvgIpc) is 2.72. The van der Waals surface area contributed by atoms with Crippen LogP contribution < -0.4 is 15.8 Å². The Morgan fingerprint density at radius 1 is 1.12 bits per heavy atom. The van der Waals surface area contributed by atoms with Gasteiger partial charge in [-0.3, -0.25) is 9.59 Å². The summed E-state index contributed by atoms with van der Waals surface area (Å²) in [7, 11) is -3.69. The van der Waals surface area contributed by atoms with Crippen molar-refractivity contribution in [1.29, 1.82) is 0 Å². The van der Waals surface area contributed by atoms with Crippen molar-refractivity contribution in [3.63, 3.8) is 0 Å². The summed E-state index contributed by atoms with van der Waals surface area (Å²) in [5, 5.41) is 11.8. The maximum atomic E-state index is 13.2. The number of sulfonamides is 1. The van der Waals surface area contributed by atoms with Crippen LogP contribution >= 0.6 is 24.0 Å². The third-order valence-electron chi connectivity index (χ3n) is 5.94. The van der Waals surface area contributed by atoms with Gasteiger partial charge in [-0.1, -0.05) is 23.7 Å². The molecule has 7 nitrogen and oxygen atoms in total. The van der Waals surface area contributed by atoms with Gasteiger partial charge in [0.2, 0.25) is 15.9 Å². The van der Waals surface area contributed by atoms with Crippen LogP contribution in [0.2, 0.25) is 5.02 Å². The molecule has 32 heavy (non-hydrogen) atoms. The maximum Gasteiger partial charge on any atom is 0.238 e.